The van der Waals surface area contributed by atoms with Crippen LogP contribution in [0.4, 0.5) is 0 Å². The molecule has 0 spiro atoms. The highest BCUT2D eigenvalue weighted by atomic mass is 79.9. The number of aromatic amines is 1. The molecule has 1 aromatic heterocycles. The van der Waals surface area contributed by atoms with E-state index in [4.69, 9.17) is 4.74 Å². The van der Waals surface area contributed by atoms with Crippen molar-refractivity contribution in [1.29, 1.82) is 0 Å². The second-order valence-electron chi connectivity index (χ2n) is 7.24. The number of halogens is 1. The summed E-state index contributed by atoms with van der Waals surface area (Å²) in [6.07, 6.45) is 3.74. The standard InChI is InChI=1S/C22H23BrN2O3/c1-13(18-12-24-19-8-3-2-7-16(18)19)21(26)25-22(27)17-11-15(23)10-14-6-4-5-9-28-20(14)17/h2-3,7-8,10-13,21,24,26H,4-6,9H2,1H3,(H,25,27)/t13?,21-/m1/s1. The summed E-state index contributed by atoms with van der Waals surface area (Å²) < 4.78 is 6.69. The fourth-order valence-corrected chi connectivity index (χ4v) is 4.25. The number of H-pyrrole nitrogens is 1. The number of benzene rings is 2. The number of ether oxygens (including phenoxy) is 1. The van der Waals surface area contributed by atoms with Crippen molar-refractivity contribution in [2.24, 2.45) is 0 Å². The van der Waals surface area contributed by atoms with E-state index in [0.717, 1.165) is 45.8 Å². The van der Waals surface area contributed by atoms with Crippen molar-refractivity contribution < 1.29 is 14.6 Å². The van der Waals surface area contributed by atoms with Gasteiger partial charge in [0.2, 0.25) is 0 Å². The summed E-state index contributed by atoms with van der Waals surface area (Å²) >= 11 is 3.49. The Kier molecular flexibility index (Phi) is 5.42. The Morgan fingerprint density at radius 1 is 1.29 bits per heavy atom. The zero-order valence-electron chi connectivity index (χ0n) is 15.7. The smallest absolute Gasteiger partial charge is 0.257 e. The lowest BCUT2D eigenvalue weighted by atomic mass is 9.98. The minimum Gasteiger partial charge on any atom is -0.492 e. The van der Waals surface area contributed by atoms with Crippen LogP contribution < -0.4 is 10.1 Å². The lowest BCUT2D eigenvalue weighted by Crippen LogP contribution is -2.38. The first-order chi connectivity index (χ1) is 13.5. The first kappa shape index (κ1) is 19.0. The van der Waals surface area contributed by atoms with Crippen LogP contribution >= 0.6 is 15.9 Å². The van der Waals surface area contributed by atoms with Crippen molar-refractivity contribution in [1.82, 2.24) is 10.3 Å². The number of nitrogens with one attached hydrogen (secondary N) is 2. The number of para-hydroxylation sites is 1. The summed E-state index contributed by atoms with van der Waals surface area (Å²) in [6.45, 7) is 2.50. The number of hydrogen-bond acceptors (Lipinski definition) is 3. The maximum Gasteiger partial charge on any atom is 0.257 e. The van der Waals surface area contributed by atoms with Gasteiger partial charge in [-0.2, -0.15) is 0 Å². The van der Waals surface area contributed by atoms with E-state index in [-0.39, 0.29) is 11.8 Å². The molecule has 0 radical (unpaired) electrons. The van der Waals surface area contributed by atoms with E-state index in [2.05, 4.69) is 26.2 Å². The first-order valence-corrected chi connectivity index (χ1v) is 10.3. The van der Waals surface area contributed by atoms with Gasteiger partial charge in [0.25, 0.3) is 5.91 Å². The number of hydrogen-bond donors (Lipinski definition) is 3. The number of aryl methyl sites for hydroxylation is 1. The molecule has 1 amide bonds. The number of rotatable bonds is 4. The average molecular weight is 443 g/mol. The molecule has 2 heterocycles. The van der Waals surface area contributed by atoms with Crippen LogP contribution in [0.3, 0.4) is 0 Å². The quantitative estimate of drug-likeness (QED) is 0.520. The Bertz CT molecular complexity index is 1010. The fourth-order valence-electron chi connectivity index (χ4n) is 3.74. The molecule has 0 bridgehead atoms. The van der Waals surface area contributed by atoms with Gasteiger partial charge in [0.1, 0.15) is 12.0 Å². The van der Waals surface area contributed by atoms with Gasteiger partial charge in [-0.1, -0.05) is 41.1 Å². The van der Waals surface area contributed by atoms with Gasteiger partial charge in [-0.15, -0.1) is 0 Å². The van der Waals surface area contributed by atoms with Gasteiger partial charge in [-0.25, -0.2) is 0 Å². The number of aliphatic hydroxyl groups excluding tert-OH is 1. The Hall–Kier alpha value is -2.31. The molecule has 3 N–H and O–H groups in total. The average Bonchev–Trinajstić information content (AvgIpc) is 2.97. The summed E-state index contributed by atoms with van der Waals surface area (Å²) in [6, 6.07) is 11.7. The van der Waals surface area contributed by atoms with Gasteiger partial charge in [0.05, 0.1) is 12.2 Å². The summed E-state index contributed by atoms with van der Waals surface area (Å²) in [5.41, 5.74) is 3.45. The number of carbonyl (C=O) groups is 1. The van der Waals surface area contributed by atoms with Crippen LogP contribution in [0, 0.1) is 0 Å². The highest BCUT2D eigenvalue weighted by molar-refractivity contribution is 9.10. The van der Waals surface area contributed by atoms with E-state index >= 15 is 0 Å². The number of amides is 1. The lowest BCUT2D eigenvalue weighted by Gasteiger charge is -2.21. The zero-order chi connectivity index (χ0) is 19.7. The predicted molar refractivity (Wildman–Crippen MR) is 113 cm³/mol. The second kappa shape index (κ2) is 7.97. The van der Waals surface area contributed by atoms with Crippen LogP contribution in [0.5, 0.6) is 5.75 Å². The largest absolute Gasteiger partial charge is 0.492 e. The molecular formula is C22H23BrN2O3. The monoisotopic (exact) mass is 442 g/mol. The van der Waals surface area contributed by atoms with E-state index in [0.29, 0.717) is 17.9 Å². The highest BCUT2D eigenvalue weighted by Gasteiger charge is 2.25. The van der Waals surface area contributed by atoms with Crippen molar-refractivity contribution in [3.8, 4) is 5.75 Å². The molecule has 3 aromatic rings. The summed E-state index contributed by atoms with van der Waals surface area (Å²) in [4.78, 5) is 16.2. The molecule has 0 fully saturated rings. The molecule has 0 aliphatic carbocycles. The molecule has 1 unspecified atom stereocenters. The summed E-state index contributed by atoms with van der Waals surface area (Å²) in [5.74, 6) is 0.0237. The van der Waals surface area contributed by atoms with Crippen molar-refractivity contribution in [3.05, 3.63) is 63.8 Å². The van der Waals surface area contributed by atoms with Gasteiger partial charge in [-0.05, 0) is 48.6 Å². The molecule has 28 heavy (non-hydrogen) atoms. The number of carbonyl (C=O) groups excluding carboxylic acids is 1. The lowest BCUT2D eigenvalue weighted by molar-refractivity contribution is 0.0724. The van der Waals surface area contributed by atoms with Crippen LogP contribution in [0.25, 0.3) is 10.9 Å². The zero-order valence-corrected chi connectivity index (χ0v) is 17.3. The van der Waals surface area contributed by atoms with E-state index < -0.39 is 6.23 Å². The minimum absolute atomic E-state index is 0.272. The molecule has 6 heteroatoms. The van der Waals surface area contributed by atoms with Crippen molar-refractivity contribution in [3.63, 3.8) is 0 Å². The van der Waals surface area contributed by atoms with Gasteiger partial charge >= 0.3 is 0 Å². The van der Waals surface area contributed by atoms with Gasteiger partial charge < -0.3 is 20.1 Å². The molecule has 1 aliphatic rings. The summed E-state index contributed by atoms with van der Waals surface area (Å²) in [5, 5.41) is 14.5. The minimum atomic E-state index is -1.02. The topological polar surface area (TPSA) is 74.4 Å². The Balaban J connectivity index is 1.57. The van der Waals surface area contributed by atoms with E-state index in [1.54, 1.807) is 6.07 Å². The number of fused-ring (bicyclic) bond motifs is 2. The molecule has 0 saturated heterocycles. The number of aromatic nitrogens is 1. The SMILES string of the molecule is CC(c1c[nH]c2ccccc12)[C@@H](O)NC(=O)c1cc(Br)cc2c1OCCCC2. The highest BCUT2D eigenvalue weighted by Crippen LogP contribution is 2.33. The Morgan fingerprint density at radius 3 is 2.96 bits per heavy atom. The van der Waals surface area contributed by atoms with Gasteiger partial charge in [0.15, 0.2) is 0 Å². The van der Waals surface area contributed by atoms with Gasteiger partial charge in [0, 0.05) is 27.5 Å². The van der Waals surface area contributed by atoms with Crippen LogP contribution in [-0.4, -0.2) is 28.8 Å². The predicted octanol–water partition coefficient (Wildman–Crippen LogP) is 4.50. The third-order valence-electron chi connectivity index (χ3n) is 5.33. The van der Waals surface area contributed by atoms with E-state index in [9.17, 15) is 9.90 Å². The Labute approximate surface area is 172 Å². The number of aliphatic hydroxyl groups is 1. The normalized spacial score (nSPS) is 16.0. The molecule has 1 aliphatic heterocycles. The van der Waals surface area contributed by atoms with Crippen LogP contribution in [0.2, 0.25) is 0 Å². The van der Waals surface area contributed by atoms with Crippen LogP contribution in [0.15, 0.2) is 47.1 Å². The molecule has 0 saturated carbocycles. The maximum atomic E-state index is 12.9. The van der Waals surface area contributed by atoms with Crippen molar-refractivity contribution >= 4 is 32.7 Å². The fraction of sp³-hybridized carbons (Fsp3) is 0.318. The van der Waals surface area contributed by atoms with Crippen LogP contribution in [-0.2, 0) is 6.42 Å². The van der Waals surface area contributed by atoms with Crippen molar-refractivity contribution in [2.45, 2.75) is 38.3 Å². The molecule has 146 valence electrons. The van der Waals surface area contributed by atoms with E-state index in [1.807, 2.05) is 43.5 Å². The first-order valence-electron chi connectivity index (χ1n) is 9.55. The van der Waals surface area contributed by atoms with Gasteiger partial charge in [-0.3, -0.25) is 4.79 Å². The van der Waals surface area contributed by atoms with Crippen LogP contribution in [0.1, 0.15) is 47.2 Å². The third-order valence-corrected chi connectivity index (χ3v) is 5.78. The maximum absolute atomic E-state index is 12.9. The molecular weight excluding hydrogens is 420 g/mol. The molecule has 2 aromatic carbocycles. The second-order valence-corrected chi connectivity index (χ2v) is 8.16. The Morgan fingerprint density at radius 2 is 2.11 bits per heavy atom. The molecule has 2 atom stereocenters. The van der Waals surface area contributed by atoms with Crippen molar-refractivity contribution in [2.75, 3.05) is 6.61 Å². The molecule has 4 rings (SSSR count). The van der Waals surface area contributed by atoms with E-state index in [1.165, 1.54) is 0 Å². The third kappa shape index (κ3) is 3.66. The summed E-state index contributed by atoms with van der Waals surface area (Å²) in [7, 11) is 0. The molecule has 5 nitrogen and oxygen atoms in total.